The number of amides is 3. The van der Waals surface area contributed by atoms with Gasteiger partial charge in [-0.15, -0.1) is 0 Å². The smallest absolute Gasteiger partial charge is 0.416 e. The summed E-state index contributed by atoms with van der Waals surface area (Å²) in [6, 6.07) is 13.6. The number of anilines is 2. The first-order valence-corrected chi connectivity index (χ1v) is 10.7. The second-order valence-electron chi connectivity index (χ2n) is 7.23. The molecule has 3 N–H and O–H groups in total. The number of hydrogen-bond acceptors (Lipinski definition) is 5. The Morgan fingerprint density at radius 2 is 1.70 bits per heavy atom. The van der Waals surface area contributed by atoms with Gasteiger partial charge in [-0.1, -0.05) is 29.8 Å². The van der Waals surface area contributed by atoms with Gasteiger partial charge in [0.1, 0.15) is 11.6 Å². The fourth-order valence-electron chi connectivity index (χ4n) is 2.82. The fraction of sp³-hybridized carbons (Fsp3) is 0.0833. The highest BCUT2D eigenvalue weighted by Gasteiger charge is 2.30. The second kappa shape index (κ2) is 12.0. The first-order valence-electron chi connectivity index (χ1n) is 10.3. The molecule has 0 aliphatic rings. The first-order chi connectivity index (χ1) is 17.5. The minimum absolute atomic E-state index is 0.0716. The van der Waals surface area contributed by atoms with E-state index >= 15 is 0 Å². The highest BCUT2D eigenvalue weighted by Crippen LogP contribution is 2.30. The van der Waals surface area contributed by atoms with E-state index in [-0.39, 0.29) is 27.7 Å². The van der Waals surface area contributed by atoms with Crippen molar-refractivity contribution in [2.24, 2.45) is 5.10 Å². The molecule has 0 atom stereocenters. The first kappa shape index (κ1) is 27.1. The standard InChI is InChI=1S/C24H17ClF4N4O4/c25-16-8-9-20(37-13-21(34)31-17-5-3-4-15(11-17)24(27,28)29)14(10-16)12-30-33-23(36)22(35)32-19-7-2-1-6-18(19)26/h1-12H,13H2,(H,31,34)(H,32,35)(H,33,36)/b30-12-. The molecule has 13 heteroatoms. The average Bonchev–Trinajstić information content (AvgIpc) is 2.84. The summed E-state index contributed by atoms with van der Waals surface area (Å²) in [5, 5.41) is 8.28. The number of hydrazone groups is 1. The van der Waals surface area contributed by atoms with E-state index < -0.39 is 41.9 Å². The number of halogens is 5. The lowest BCUT2D eigenvalue weighted by Crippen LogP contribution is -2.32. The maximum Gasteiger partial charge on any atom is 0.416 e. The number of carbonyl (C=O) groups is 3. The number of nitrogens with zero attached hydrogens (tertiary/aromatic N) is 1. The fourth-order valence-corrected chi connectivity index (χ4v) is 3.00. The maximum atomic E-state index is 13.6. The van der Waals surface area contributed by atoms with Crippen molar-refractivity contribution < 1.29 is 36.7 Å². The largest absolute Gasteiger partial charge is 0.483 e. The number of ether oxygens (including phenoxy) is 1. The molecule has 0 heterocycles. The van der Waals surface area contributed by atoms with Gasteiger partial charge in [-0.2, -0.15) is 18.3 Å². The number of hydrogen-bond donors (Lipinski definition) is 3. The Morgan fingerprint density at radius 3 is 2.43 bits per heavy atom. The Kier molecular flexibility index (Phi) is 8.80. The van der Waals surface area contributed by atoms with Crippen LogP contribution in [0.15, 0.2) is 71.8 Å². The summed E-state index contributed by atoms with van der Waals surface area (Å²) in [6.07, 6.45) is -3.48. The van der Waals surface area contributed by atoms with Crippen molar-refractivity contribution in [3.63, 3.8) is 0 Å². The molecule has 0 aliphatic carbocycles. The molecule has 0 aromatic heterocycles. The van der Waals surface area contributed by atoms with Gasteiger partial charge < -0.3 is 15.4 Å². The van der Waals surface area contributed by atoms with Crippen LogP contribution in [0.4, 0.5) is 28.9 Å². The van der Waals surface area contributed by atoms with Gasteiger partial charge in [-0.3, -0.25) is 14.4 Å². The van der Waals surface area contributed by atoms with Gasteiger partial charge in [0.25, 0.3) is 5.91 Å². The summed E-state index contributed by atoms with van der Waals surface area (Å²) >= 11 is 5.96. The van der Waals surface area contributed by atoms with Gasteiger partial charge in [0.05, 0.1) is 17.5 Å². The molecule has 0 spiro atoms. The molecular weight excluding hydrogens is 520 g/mol. The third kappa shape index (κ3) is 8.04. The molecule has 3 amide bonds. The molecule has 3 rings (SSSR count). The Bertz CT molecular complexity index is 1350. The second-order valence-corrected chi connectivity index (χ2v) is 7.67. The minimum Gasteiger partial charge on any atom is -0.483 e. The van der Waals surface area contributed by atoms with Crippen molar-refractivity contribution >= 4 is 46.9 Å². The van der Waals surface area contributed by atoms with Crippen molar-refractivity contribution in [2.45, 2.75) is 6.18 Å². The third-order valence-electron chi connectivity index (χ3n) is 4.50. The lowest BCUT2D eigenvalue weighted by Gasteiger charge is -2.11. The normalized spacial score (nSPS) is 11.2. The summed E-state index contributed by atoms with van der Waals surface area (Å²) in [7, 11) is 0. The highest BCUT2D eigenvalue weighted by molar-refractivity contribution is 6.39. The highest BCUT2D eigenvalue weighted by atomic mass is 35.5. The van der Waals surface area contributed by atoms with Gasteiger partial charge in [-0.05, 0) is 48.5 Å². The summed E-state index contributed by atoms with van der Waals surface area (Å²) in [5.74, 6) is -3.74. The lowest BCUT2D eigenvalue weighted by atomic mass is 10.2. The molecule has 3 aromatic carbocycles. The van der Waals surface area contributed by atoms with Crippen LogP contribution < -0.4 is 20.8 Å². The third-order valence-corrected chi connectivity index (χ3v) is 4.74. The quantitative estimate of drug-likeness (QED) is 0.177. The molecule has 8 nitrogen and oxygen atoms in total. The van der Waals surface area contributed by atoms with Crippen LogP contribution in [0.3, 0.4) is 0 Å². The molecule has 192 valence electrons. The van der Waals surface area contributed by atoms with E-state index in [9.17, 15) is 31.9 Å². The monoisotopic (exact) mass is 536 g/mol. The topological polar surface area (TPSA) is 109 Å². The Labute approximate surface area is 212 Å². The lowest BCUT2D eigenvalue weighted by molar-refractivity contribution is -0.137. The van der Waals surface area contributed by atoms with E-state index in [4.69, 9.17) is 16.3 Å². The van der Waals surface area contributed by atoms with E-state index in [1.165, 1.54) is 42.5 Å². The SMILES string of the molecule is O=C(COc1ccc(Cl)cc1/C=N\NC(=O)C(=O)Nc1ccccc1F)Nc1cccc(C(F)(F)F)c1. The van der Waals surface area contributed by atoms with Gasteiger partial charge in [0, 0.05) is 16.3 Å². The van der Waals surface area contributed by atoms with Gasteiger partial charge in [0.2, 0.25) is 0 Å². The van der Waals surface area contributed by atoms with Gasteiger partial charge in [-0.25, -0.2) is 9.82 Å². The van der Waals surface area contributed by atoms with E-state index in [0.717, 1.165) is 30.5 Å². The number of rotatable bonds is 7. The van der Waals surface area contributed by atoms with E-state index in [1.807, 2.05) is 5.43 Å². The maximum absolute atomic E-state index is 13.6. The van der Waals surface area contributed by atoms with Crippen LogP contribution in [0.2, 0.25) is 5.02 Å². The van der Waals surface area contributed by atoms with E-state index in [1.54, 1.807) is 0 Å². The predicted molar refractivity (Wildman–Crippen MR) is 128 cm³/mol. The zero-order valence-electron chi connectivity index (χ0n) is 18.6. The van der Waals surface area contributed by atoms with Crippen LogP contribution in [-0.4, -0.2) is 30.5 Å². The van der Waals surface area contributed by atoms with Crippen LogP contribution in [0.1, 0.15) is 11.1 Å². The molecule has 0 aliphatic heterocycles. The molecule has 0 bridgehead atoms. The number of carbonyl (C=O) groups excluding carboxylic acids is 3. The van der Waals surface area contributed by atoms with E-state index in [0.29, 0.717) is 0 Å². The molecule has 0 unspecified atom stereocenters. The summed E-state index contributed by atoms with van der Waals surface area (Å²) in [5.41, 5.74) is 0.972. The number of benzene rings is 3. The van der Waals surface area contributed by atoms with Crippen molar-refractivity contribution in [2.75, 3.05) is 17.2 Å². The van der Waals surface area contributed by atoms with Gasteiger partial charge in [0.15, 0.2) is 6.61 Å². The molecule has 3 aromatic rings. The summed E-state index contributed by atoms with van der Waals surface area (Å²) in [4.78, 5) is 36.0. The Morgan fingerprint density at radius 1 is 0.946 bits per heavy atom. The van der Waals surface area contributed by atoms with E-state index in [2.05, 4.69) is 15.7 Å². The van der Waals surface area contributed by atoms with Crippen molar-refractivity contribution in [1.82, 2.24) is 5.43 Å². The predicted octanol–water partition coefficient (Wildman–Crippen LogP) is 4.60. The average molecular weight is 537 g/mol. The van der Waals surface area contributed by atoms with Crippen molar-refractivity contribution in [1.29, 1.82) is 0 Å². The van der Waals surface area contributed by atoms with Crippen LogP contribution >= 0.6 is 11.6 Å². The molecular formula is C24H17ClF4N4O4. The number of nitrogens with one attached hydrogen (secondary N) is 3. The van der Waals surface area contributed by atoms with Crippen LogP contribution in [0.5, 0.6) is 5.75 Å². The van der Waals surface area contributed by atoms with Crippen molar-refractivity contribution in [3.05, 3.63) is 88.7 Å². The molecule has 0 saturated carbocycles. The van der Waals surface area contributed by atoms with Crippen LogP contribution in [-0.2, 0) is 20.6 Å². The molecule has 37 heavy (non-hydrogen) atoms. The number of para-hydroxylation sites is 1. The Hall–Kier alpha value is -4.45. The zero-order chi connectivity index (χ0) is 27.0. The summed E-state index contributed by atoms with van der Waals surface area (Å²) in [6.45, 7) is -0.573. The zero-order valence-corrected chi connectivity index (χ0v) is 19.4. The minimum atomic E-state index is -4.57. The van der Waals surface area contributed by atoms with Crippen LogP contribution in [0.25, 0.3) is 0 Å². The molecule has 0 radical (unpaired) electrons. The van der Waals surface area contributed by atoms with Crippen LogP contribution in [0, 0.1) is 5.82 Å². The Balaban J connectivity index is 1.59. The van der Waals surface area contributed by atoms with Gasteiger partial charge >= 0.3 is 18.0 Å². The molecule has 0 saturated heterocycles. The van der Waals surface area contributed by atoms with Crippen molar-refractivity contribution in [3.8, 4) is 5.75 Å². The molecule has 0 fully saturated rings. The number of alkyl halides is 3. The summed E-state index contributed by atoms with van der Waals surface area (Å²) < 4.78 is 57.5.